The Balaban J connectivity index is 1.90. The van der Waals surface area contributed by atoms with Crippen LogP contribution in [0.3, 0.4) is 0 Å². The maximum atomic E-state index is 13.2. The minimum Gasteiger partial charge on any atom is -0.398 e. The fourth-order valence-corrected chi connectivity index (χ4v) is 3.07. The first-order valence-corrected chi connectivity index (χ1v) is 9.04. The Bertz CT molecular complexity index is 1170. The molecule has 0 unspecified atom stereocenters. The van der Waals surface area contributed by atoms with Crippen LogP contribution in [0.5, 0.6) is 0 Å². The van der Waals surface area contributed by atoms with Crippen molar-refractivity contribution < 1.29 is 18.0 Å². The molecule has 0 aliphatic carbocycles. The molecule has 0 fully saturated rings. The van der Waals surface area contributed by atoms with Crippen LogP contribution in [0.25, 0.3) is 16.6 Å². The van der Waals surface area contributed by atoms with Gasteiger partial charge in [0.15, 0.2) is 0 Å². The molecule has 2 aromatic carbocycles. The number of hydrogen-bond acceptors (Lipinski definition) is 4. The molecule has 0 atom stereocenters. The number of amidine groups is 1. The average molecular weight is 433 g/mol. The number of alkyl halides is 3. The normalized spacial score (nSPS) is 12.8. The van der Waals surface area contributed by atoms with Gasteiger partial charge in [-0.3, -0.25) is 14.8 Å². The van der Waals surface area contributed by atoms with Crippen LogP contribution in [0.2, 0.25) is 5.02 Å². The van der Waals surface area contributed by atoms with Gasteiger partial charge in [0.2, 0.25) is 0 Å². The Morgan fingerprint density at radius 3 is 2.60 bits per heavy atom. The first-order valence-electron chi connectivity index (χ1n) is 8.67. The highest BCUT2D eigenvalue weighted by Crippen LogP contribution is 2.33. The maximum Gasteiger partial charge on any atom is 0.417 e. The van der Waals surface area contributed by atoms with Crippen LogP contribution in [-0.2, 0) is 6.18 Å². The highest BCUT2D eigenvalue weighted by Gasteiger charge is 2.33. The van der Waals surface area contributed by atoms with Crippen LogP contribution >= 0.6 is 11.6 Å². The number of aromatic nitrogens is 1. The third kappa shape index (κ3) is 4.60. The van der Waals surface area contributed by atoms with E-state index in [4.69, 9.17) is 17.3 Å². The van der Waals surface area contributed by atoms with Crippen molar-refractivity contribution in [3.05, 3.63) is 82.5 Å². The molecule has 1 aromatic heterocycles. The SMILES string of the molecule is CN=C(C=C(N)c1ccccc1C(F)(F)F)NC(=O)c1cc2ncccc2cc1Cl. The van der Waals surface area contributed by atoms with Crippen molar-refractivity contribution in [2.24, 2.45) is 10.7 Å². The zero-order chi connectivity index (χ0) is 21.9. The van der Waals surface area contributed by atoms with Crippen molar-refractivity contribution in [2.75, 3.05) is 7.05 Å². The average Bonchev–Trinajstić information content (AvgIpc) is 2.71. The second kappa shape index (κ2) is 8.54. The van der Waals surface area contributed by atoms with Gasteiger partial charge in [0, 0.05) is 36.0 Å². The van der Waals surface area contributed by atoms with Gasteiger partial charge in [-0.15, -0.1) is 0 Å². The molecular weight excluding hydrogens is 417 g/mol. The van der Waals surface area contributed by atoms with Crippen LogP contribution in [0.15, 0.2) is 65.8 Å². The number of benzene rings is 2. The van der Waals surface area contributed by atoms with Gasteiger partial charge < -0.3 is 11.1 Å². The Morgan fingerprint density at radius 1 is 1.17 bits per heavy atom. The highest BCUT2D eigenvalue weighted by atomic mass is 35.5. The standard InChI is InChI=1S/C21H16ClF3N4O/c1-27-19(11-17(26)13-6-2-3-7-15(13)21(23,24)25)29-20(30)14-10-18-12(9-16(14)22)5-4-8-28-18/h2-11H,26H2,1H3,(H,27,29,30). The monoisotopic (exact) mass is 432 g/mol. The Hall–Kier alpha value is -3.39. The van der Waals surface area contributed by atoms with Crippen molar-refractivity contribution >= 4 is 39.9 Å². The summed E-state index contributed by atoms with van der Waals surface area (Å²) in [6.45, 7) is 0. The number of carbonyl (C=O) groups excluding carboxylic acids is 1. The predicted octanol–water partition coefficient (Wildman–Crippen LogP) is 4.66. The topological polar surface area (TPSA) is 80.4 Å². The van der Waals surface area contributed by atoms with E-state index < -0.39 is 17.6 Å². The molecule has 0 bridgehead atoms. The lowest BCUT2D eigenvalue weighted by molar-refractivity contribution is -0.137. The summed E-state index contributed by atoms with van der Waals surface area (Å²) in [6, 6.07) is 11.6. The molecule has 3 aromatic rings. The van der Waals surface area contributed by atoms with Crippen molar-refractivity contribution in [1.82, 2.24) is 10.3 Å². The lowest BCUT2D eigenvalue weighted by Crippen LogP contribution is -2.30. The summed E-state index contributed by atoms with van der Waals surface area (Å²) in [5.74, 6) is -0.618. The zero-order valence-electron chi connectivity index (χ0n) is 15.7. The number of hydrogen-bond donors (Lipinski definition) is 2. The molecule has 154 valence electrons. The molecule has 5 nitrogen and oxygen atoms in total. The molecule has 9 heteroatoms. The van der Waals surface area contributed by atoms with E-state index >= 15 is 0 Å². The van der Waals surface area contributed by atoms with Gasteiger partial charge in [0.05, 0.1) is 21.7 Å². The minimum atomic E-state index is -4.58. The fraction of sp³-hybridized carbons (Fsp3) is 0.0952. The van der Waals surface area contributed by atoms with E-state index in [0.29, 0.717) is 5.52 Å². The molecule has 1 heterocycles. The van der Waals surface area contributed by atoms with Gasteiger partial charge in [-0.25, -0.2) is 0 Å². The Kier molecular flexibility index (Phi) is 6.07. The van der Waals surface area contributed by atoms with E-state index in [1.807, 2.05) is 0 Å². The first kappa shape index (κ1) is 21.3. The Labute approximate surface area is 175 Å². The van der Waals surface area contributed by atoms with E-state index in [2.05, 4.69) is 15.3 Å². The van der Waals surface area contributed by atoms with Crippen molar-refractivity contribution in [2.45, 2.75) is 6.18 Å². The van der Waals surface area contributed by atoms with Gasteiger partial charge in [0.25, 0.3) is 5.91 Å². The summed E-state index contributed by atoms with van der Waals surface area (Å²) in [5, 5.41) is 3.47. The second-order valence-corrected chi connectivity index (χ2v) is 6.64. The molecule has 0 saturated heterocycles. The smallest absolute Gasteiger partial charge is 0.398 e. The Morgan fingerprint density at radius 2 is 1.90 bits per heavy atom. The molecule has 0 aliphatic heterocycles. The third-order valence-corrected chi connectivity index (χ3v) is 4.57. The number of pyridine rings is 1. The summed E-state index contributed by atoms with van der Waals surface area (Å²) >= 11 is 6.20. The molecule has 1 amide bonds. The van der Waals surface area contributed by atoms with Crippen molar-refractivity contribution in [3.8, 4) is 0 Å². The lowest BCUT2D eigenvalue weighted by atomic mass is 10.0. The summed E-state index contributed by atoms with van der Waals surface area (Å²) < 4.78 is 39.7. The molecule has 3 N–H and O–H groups in total. The number of fused-ring (bicyclic) bond motifs is 1. The number of nitrogens with one attached hydrogen (secondary N) is 1. The van der Waals surface area contributed by atoms with E-state index in [0.717, 1.165) is 17.5 Å². The molecular formula is C21H16ClF3N4O. The number of halogens is 4. The van der Waals surface area contributed by atoms with Crippen molar-refractivity contribution in [3.63, 3.8) is 0 Å². The predicted molar refractivity (Wildman–Crippen MR) is 111 cm³/mol. The van der Waals surface area contributed by atoms with E-state index in [1.165, 1.54) is 31.3 Å². The molecule has 0 radical (unpaired) electrons. The molecule has 3 rings (SSSR count). The fourth-order valence-electron chi connectivity index (χ4n) is 2.81. The molecule has 0 saturated carbocycles. The van der Waals surface area contributed by atoms with Gasteiger partial charge in [-0.2, -0.15) is 13.2 Å². The quantitative estimate of drug-likeness (QED) is 0.466. The van der Waals surface area contributed by atoms with Crippen LogP contribution in [-0.4, -0.2) is 23.8 Å². The number of rotatable bonds is 3. The van der Waals surface area contributed by atoms with E-state index in [1.54, 1.807) is 24.4 Å². The largest absolute Gasteiger partial charge is 0.417 e. The van der Waals surface area contributed by atoms with E-state index in [9.17, 15) is 18.0 Å². The van der Waals surface area contributed by atoms with Gasteiger partial charge in [-0.05, 0) is 24.3 Å². The van der Waals surface area contributed by atoms with Gasteiger partial charge >= 0.3 is 6.18 Å². The summed E-state index contributed by atoms with van der Waals surface area (Å²) in [5.41, 5.74) is 5.29. The number of nitrogens with zero attached hydrogens (tertiary/aromatic N) is 2. The molecule has 30 heavy (non-hydrogen) atoms. The zero-order valence-corrected chi connectivity index (χ0v) is 16.4. The van der Waals surface area contributed by atoms with Crippen LogP contribution in [0, 0.1) is 0 Å². The van der Waals surface area contributed by atoms with E-state index in [-0.39, 0.29) is 27.7 Å². The first-order chi connectivity index (χ1) is 14.2. The number of carbonyl (C=O) groups is 1. The van der Waals surface area contributed by atoms with Crippen molar-refractivity contribution in [1.29, 1.82) is 0 Å². The van der Waals surface area contributed by atoms with Gasteiger partial charge in [0.1, 0.15) is 5.84 Å². The van der Waals surface area contributed by atoms with Gasteiger partial charge in [-0.1, -0.05) is 35.9 Å². The number of aliphatic imine (C=N–C) groups is 1. The minimum absolute atomic E-state index is 0.0216. The molecule has 0 aliphatic rings. The van der Waals surface area contributed by atoms with Crippen LogP contribution < -0.4 is 11.1 Å². The maximum absolute atomic E-state index is 13.2. The van der Waals surface area contributed by atoms with Crippen LogP contribution in [0.1, 0.15) is 21.5 Å². The number of nitrogens with two attached hydrogens (primary N) is 1. The second-order valence-electron chi connectivity index (χ2n) is 6.23. The lowest BCUT2D eigenvalue weighted by Gasteiger charge is -2.13. The third-order valence-electron chi connectivity index (χ3n) is 4.25. The molecule has 0 spiro atoms. The summed E-state index contributed by atoms with van der Waals surface area (Å²) in [4.78, 5) is 20.7. The summed E-state index contributed by atoms with van der Waals surface area (Å²) in [6.07, 6.45) is -1.83. The number of amides is 1. The summed E-state index contributed by atoms with van der Waals surface area (Å²) in [7, 11) is 1.37. The van der Waals surface area contributed by atoms with Crippen LogP contribution in [0.4, 0.5) is 13.2 Å². The highest BCUT2D eigenvalue weighted by molar-refractivity contribution is 6.35.